The van der Waals surface area contributed by atoms with Crippen molar-refractivity contribution < 1.29 is 4.57 Å². The van der Waals surface area contributed by atoms with Crippen LogP contribution in [0, 0.1) is 0 Å². The molecule has 0 saturated carbocycles. The molecule has 0 saturated heterocycles. The Bertz CT molecular complexity index is 744. The van der Waals surface area contributed by atoms with Crippen LogP contribution in [0.2, 0.25) is 0 Å². The van der Waals surface area contributed by atoms with E-state index in [2.05, 4.69) is 4.90 Å². The Balaban J connectivity index is 2.02. The van der Waals surface area contributed by atoms with Gasteiger partial charge in [-0.2, -0.15) is 0 Å². The maximum Gasteiger partial charge on any atom is 0.161 e. The Hall–Kier alpha value is -2.31. The highest BCUT2D eigenvalue weighted by molar-refractivity contribution is 7.78. The number of rotatable bonds is 5. The molecule has 0 aliphatic rings. The Kier molecular flexibility index (Phi) is 4.64. The van der Waals surface area contributed by atoms with Crippen molar-refractivity contribution in [3.05, 3.63) is 91.0 Å². The van der Waals surface area contributed by atoms with E-state index in [0.717, 1.165) is 16.3 Å². The quantitative estimate of drug-likeness (QED) is 0.660. The zero-order valence-corrected chi connectivity index (χ0v) is 14.1. The molecule has 0 spiro atoms. The summed E-state index contributed by atoms with van der Waals surface area (Å²) in [5.74, 6) is 0. The highest BCUT2D eigenvalue weighted by Gasteiger charge is 2.28. The third kappa shape index (κ3) is 3.38. The van der Waals surface area contributed by atoms with Crippen molar-refractivity contribution in [2.45, 2.75) is 0 Å². The number of anilines is 1. The summed E-state index contributed by atoms with van der Waals surface area (Å²) in [6.07, 6.45) is 0.477. The van der Waals surface area contributed by atoms with Crippen LogP contribution in [0.5, 0.6) is 0 Å². The first-order valence-electron chi connectivity index (χ1n) is 7.67. The van der Waals surface area contributed by atoms with Crippen molar-refractivity contribution >= 4 is 23.4 Å². The largest absolute Gasteiger partial charge is 0.367 e. The van der Waals surface area contributed by atoms with Crippen LogP contribution in [0.4, 0.5) is 5.69 Å². The summed E-state index contributed by atoms with van der Waals surface area (Å²) in [7, 11) is -0.726. The number of hydrogen-bond acceptors (Lipinski definition) is 2. The molecule has 3 rings (SSSR count). The van der Waals surface area contributed by atoms with Crippen LogP contribution in [0.1, 0.15) is 0 Å². The van der Waals surface area contributed by atoms with Crippen molar-refractivity contribution in [1.29, 1.82) is 0 Å². The minimum absolute atomic E-state index is 0.477. The molecule has 0 aromatic heterocycles. The summed E-state index contributed by atoms with van der Waals surface area (Å²) in [6, 6.07) is 29.7. The third-order valence-electron chi connectivity index (χ3n) is 3.95. The lowest BCUT2D eigenvalue weighted by Gasteiger charge is -2.27. The Morgan fingerprint density at radius 3 is 1.52 bits per heavy atom. The maximum atomic E-state index is 14.0. The molecule has 0 amide bonds. The van der Waals surface area contributed by atoms with E-state index in [-0.39, 0.29) is 0 Å². The van der Waals surface area contributed by atoms with Crippen LogP contribution in [-0.4, -0.2) is 13.3 Å². The minimum Gasteiger partial charge on any atom is -0.367 e. The summed E-state index contributed by atoms with van der Waals surface area (Å²) in [4.78, 5) is 2.07. The van der Waals surface area contributed by atoms with E-state index < -0.39 is 7.14 Å². The Morgan fingerprint density at radius 2 is 1.09 bits per heavy atom. The maximum absolute atomic E-state index is 14.0. The van der Waals surface area contributed by atoms with Crippen LogP contribution >= 0.6 is 7.14 Å². The van der Waals surface area contributed by atoms with Gasteiger partial charge in [-0.25, -0.2) is 0 Å². The zero-order chi connectivity index (χ0) is 16.1. The first-order chi connectivity index (χ1) is 11.2. The predicted octanol–water partition coefficient (Wildman–Crippen LogP) is 4.09. The average Bonchev–Trinajstić information content (AvgIpc) is 2.64. The zero-order valence-electron chi connectivity index (χ0n) is 13.2. The minimum atomic E-state index is -2.72. The second-order valence-electron chi connectivity index (χ2n) is 5.59. The summed E-state index contributed by atoms with van der Waals surface area (Å²) >= 11 is 0. The van der Waals surface area contributed by atoms with Gasteiger partial charge in [-0.1, -0.05) is 78.9 Å². The molecule has 23 heavy (non-hydrogen) atoms. The van der Waals surface area contributed by atoms with Gasteiger partial charge >= 0.3 is 0 Å². The summed E-state index contributed by atoms with van der Waals surface area (Å²) in [5.41, 5.74) is 1.07. The molecule has 0 heterocycles. The smallest absolute Gasteiger partial charge is 0.161 e. The summed E-state index contributed by atoms with van der Waals surface area (Å²) in [5, 5.41) is 1.79. The molecule has 0 atom stereocenters. The molecule has 116 valence electrons. The molecule has 0 aliphatic heterocycles. The van der Waals surface area contributed by atoms with Crippen molar-refractivity contribution in [3.8, 4) is 0 Å². The van der Waals surface area contributed by atoms with Gasteiger partial charge in [-0.05, 0) is 12.1 Å². The number of benzene rings is 3. The normalized spacial score (nSPS) is 11.2. The van der Waals surface area contributed by atoms with Gasteiger partial charge in [0.05, 0.1) is 6.29 Å². The Morgan fingerprint density at radius 1 is 0.696 bits per heavy atom. The molecule has 0 radical (unpaired) electrons. The topological polar surface area (TPSA) is 20.3 Å². The number of nitrogens with zero attached hydrogens (tertiary/aromatic N) is 1. The molecule has 3 aromatic rings. The van der Waals surface area contributed by atoms with Crippen LogP contribution < -0.4 is 15.5 Å². The molecule has 3 aromatic carbocycles. The standard InChI is InChI=1S/C20H20NOP/c1-21(18-11-5-2-6-12-18)17-23(22,19-13-7-3-8-14-19)20-15-9-4-10-16-20/h2-16H,17H2,1H3. The van der Waals surface area contributed by atoms with Crippen LogP contribution in [0.15, 0.2) is 91.0 Å². The van der Waals surface area contributed by atoms with Gasteiger partial charge in [0.15, 0.2) is 7.14 Å². The highest BCUT2D eigenvalue weighted by atomic mass is 31.2. The molecule has 0 unspecified atom stereocenters. The van der Waals surface area contributed by atoms with Crippen molar-refractivity contribution in [2.24, 2.45) is 0 Å². The molecule has 0 bridgehead atoms. The first-order valence-corrected chi connectivity index (χ1v) is 9.56. The van der Waals surface area contributed by atoms with Gasteiger partial charge in [-0.15, -0.1) is 0 Å². The van der Waals surface area contributed by atoms with E-state index in [9.17, 15) is 4.57 Å². The number of hydrogen-bond donors (Lipinski definition) is 0. The van der Waals surface area contributed by atoms with Crippen molar-refractivity contribution in [1.82, 2.24) is 0 Å². The van der Waals surface area contributed by atoms with Crippen molar-refractivity contribution in [2.75, 3.05) is 18.2 Å². The second kappa shape index (κ2) is 6.85. The lowest BCUT2D eigenvalue weighted by molar-refractivity contribution is 0.586. The van der Waals surface area contributed by atoms with E-state index in [1.54, 1.807) is 0 Å². The molecular formula is C20H20NOP. The predicted molar refractivity (Wildman–Crippen MR) is 99.5 cm³/mol. The first kappa shape index (κ1) is 15.6. The van der Waals surface area contributed by atoms with Crippen LogP contribution in [-0.2, 0) is 4.57 Å². The fraction of sp³-hybridized carbons (Fsp3) is 0.100. The molecular weight excluding hydrogens is 301 g/mol. The van der Waals surface area contributed by atoms with Crippen LogP contribution in [0.3, 0.4) is 0 Å². The fourth-order valence-corrected chi connectivity index (χ4v) is 5.41. The third-order valence-corrected chi connectivity index (χ3v) is 7.04. The Labute approximate surface area is 137 Å². The SMILES string of the molecule is CN(CP(=O)(c1ccccc1)c1ccccc1)c1ccccc1. The average molecular weight is 321 g/mol. The van der Waals surface area contributed by atoms with Gasteiger partial charge in [-0.3, -0.25) is 0 Å². The van der Waals surface area contributed by atoms with Gasteiger partial charge in [0.1, 0.15) is 0 Å². The fourth-order valence-electron chi connectivity index (χ4n) is 2.71. The molecule has 0 N–H and O–H groups in total. The second-order valence-corrected chi connectivity index (χ2v) is 8.38. The van der Waals surface area contributed by atoms with Gasteiger partial charge in [0, 0.05) is 23.3 Å². The summed E-state index contributed by atoms with van der Waals surface area (Å²) < 4.78 is 14.0. The van der Waals surface area contributed by atoms with Crippen molar-refractivity contribution in [3.63, 3.8) is 0 Å². The van der Waals surface area contributed by atoms with Gasteiger partial charge in [0.25, 0.3) is 0 Å². The van der Waals surface area contributed by atoms with Gasteiger partial charge < -0.3 is 9.46 Å². The van der Waals surface area contributed by atoms with E-state index in [1.807, 2.05) is 98.0 Å². The van der Waals surface area contributed by atoms with Gasteiger partial charge in [0.2, 0.25) is 0 Å². The monoisotopic (exact) mass is 321 g/mol. The van der Waals surface area contributed by atoms with E-state index in [1.165, 1.54) is 0 Å². The molecule has 3 heteroatoms. The molecule has 2 nitrogen and oxygen atoms in total. The van der Waals surface area contributed by atoms with E-state index in [0.29, 0.717) is 6.29 Å². The summed E-state index contributed by atoms with van der Waals surface area (Å²) in [6.45, 7) is 0. The van der Waals surface area contributed by atoms with E-state index in [4.69, 9.17) is 0 Å². The molecule has 0 aliphatic carbocycles. The van der Waals surface area contributed by atoms with E-state index >= 15 is 0 Å². The lowest BCUT2D eigenvalue weighted by Crippen LogP contribution is -2.28. The lowest BCUT2D eigenvalue weighted by atomic mass is 10.3. The molecule has 0 fully saturated rings. The number of para-hydroxylation sites is 1. The van der Waals surface area contributed by atoms with Crippen LogP contribution in [0.25, 0.3) is 0 Å². The highest BCUT2D eigenvalue weighted by Crippen LogP contribution is 2.44.